The minimum Gasteiger partial charge on any atom is -0.397 e. The molecule has 2 aliphatic rings. The fraction of sp³-hybridized carbons (Fsp3) is 0.647. The van der Waals surface area contributed by atoms with Crippen LogP contribution in [0.1, 0.15) is 39.0 Å². The molecule has 1 aromatic carbocycles. The van der Waals surface area contributed by atoms with Gasteiger partial charge in [-0.1, -0.05) is 6.92 Å². The predicted molar refractivity (Wildman–Crippen MR) is 87.5 cm³/mol. The summed E-state index contributed by atoms with van der Waals surface area (Å²) in [7, 11) is 0. The van der Waals surface area contributed by atoms with E-state index in [0.29, 0.717) is 0 Å². The van der Waals surface area contributed by atoms with Crippen molar-refractivity contribution in [2.24, 2.45) is 5.92 Å². The van der Waals surface area contributed by atoms with E-state index >= 15 is 0 Å². The third kappa shape index (κ3) is 2.87. The van der Waals surface area contributed by atoms with Gasteiger partial charge in [0.25, 0.3) is 0 Å². The van der Waals surface area contributed by atoms with Crippen molar-refractivity contribution < 1.29 is 0 Å². The Morgan fingerprint density at radius 1 is 0.950 bits per heavy atom. The molecular weight excluding hydrogens is 246 g/mol. The summed E-state index contributed by atoms with van der Waals surface area (Å²) >= 11 is 0. The van der Waals surface area contributed by atoms with Crippen LogP contribution in [0.4, 0.5) is 17.1 Å². The van der Waals surface area contributed by atoms with Gasteiger partial charge in [-0.25, -0.2) is 0 Å². The first-order valence-electron chi connectivity index (χ1n) is 8.13. The Morgan fingerprint density at radius 3 is 2.30 bits per heavy atom. The van der Waals surface area contributed by atoms with Crippen LogP contribution in [0.15, 0.2) is 18.2 Å². The van der Waals surface area contributed by atoms with Crippen LogP contribution < -0.4 is 15.5 Å². The molecule has 0 amide bonds. The average Bonchev–Trinajstić information content (AvgIpc) is 2.49. The van der Waals surface area contributed by atoms with Crippen LogP contribution in [0.25, 0.3) is 0 Å². The minimum absolute atomic E-state index is 0.861. The topological polar surface area (TPSA) is 32.5 Å². The van der Waals surface area contributed by atoms with Gasteiger partial charge in [0.2, 0.25) is 0 Å². The number of nitrogen functional groups attached to an aromatic ring is 1. The van der Waals surface area contributed by atoms with Gasteiger partial charge in [-0.2, -0.15) is 0 Å². The highest BCUT2D eigenvalue weighted by Crippen LogP contribution is 2.32. The molecule has 3 rings (SSSR count). The van der Waals surface area contributed by atoms with Crippen LogP contribution in [-0.4, -0.2) is 26.2 Å². The summed E-state index contributed by atoms with van der Waals surface area (Å²) in [4.78, 5) is 4.93. The average molecular weight is 273 g/mol. The summed E-state index contributed by atoms with van der Waals surface area (Å²) in [5.41, 5.74) is 9.81. The second-order valence-corrected chi connectivity index (χ2v) is 6.46. The van der Waals surface area contributed by atoms with Gasteiger partial charge in [0, 0.05) is 31.9 Å². The monoisotopic (exact) mass is 273 g/mol. The van der Waals surface area contributed by atoms with Crippen LogP contribution in [0, 0.1) is 5.92 Å². The molecule has 3 nitrogen and oxygen atoms in total. The van der Waals surface area contributed by atoms with E-state index in [4.69, 9.17) is 5.73 Å². The zero-order chi connectivity index (χ0) is 13.9. The van der Waals surface area contributed by atoms with Gasteiger partial charge in [-0.05, 0) is 56.2 Å². The second kappa shape index (κ2) is 5.94. The van der Waals surface area contributed by atoms with Crippen LogP contribution in [0.3, 0.4) is 0 Å². The molecule has 0 unspecified atom stereocenters. The van der Waals surface area contributed by atoms with E-state index < -0.39 is 0 Å². The van der Waals surface area contributed by atoms with Crippen molar-refractivity contribution in [3.63, 3.8) is 0 Å². The predicted octanol–water partition coefficient (Wildman–Crippen LogP) is 3.50. The van der Waals surface area contributed by atoms with Crippen molar-refractivity contribution in [1.82, 2.24) is 0 Å². The smallest absolute Gasteiger partial charge is 0.0601 e. The molecule has 0 aromatic heterocycles. The zero-order valence-electron chi connectivity index (χ0n) is 12.6. The lowest BCUT2D eigenvalue weighted by Crippen LogP contribution is -2.33. The molecule has 2 saturated heterocycles. The van der Waals surface area contributed by atoms with Gasteiger partial charge in [0.05, 0.1) is 11.4 Å². The van der Waals surface area contributed by atoms with E-state index in [1.165, 1.54) is 56.6 Å². The summed E-state index contributed by atoms with van der Waals surface area (Å²) in [6.45, 7) is 7.00. The van der Waals surface area contributed by atoms with Gasteiger partial charge < -0.3 is 15.5 Å². The van der Waals surface area contributed by atoms with E-state index in [9.17, 15) is 0 Å². The number of nitrogens with zero attached hydrogens (tertiary/aromatic N) is 2. The lowest BCUT2D eigenvalue weighted by Gasteiger charge is -2.34. The fourth-order valence-electron chi connectivity index (χ4n) is 3.43. The van der Waals surface area contributed by atoms with E-state index in [1.54, 1.807) is 0 Å². The van der Waals surface area contributed by atoms with Crippen molar-refractivity contribution in [3.8, 4) is 0 Å². The lowest BCUT2D eigenvalue weighted by molar-refractivity contribution is 0.438. The Hall–Kier alpha value is -1.38. The van der Waals surface area contributed by atoms with Gasteiger partial charge >= 0.3 is 0 Å². The number of rotatable bonds is 2. The SMILES string of the molecule is CC1CCN(c2ccc(N3CCCCC3)cc2N)CC1. The number of hydrogen-bond donors (Lipinski definition) is 1. The molecule has 20 heavy (non-hydrogen) atoms. The Labute approximate surface area is 122 Å². The van der Waals surface area contributed by atoms with Gasteiger partial charge in [-0.15, -0.1) is 0 Å². The van der Waals surface area contributed by atoms with Crippen LogP contribution in [0.2, 0.25) is 0 Å². The summed E-state index contributed by atoms with van der Waals surface area (Å²) < 4.78 is 0. The number of hydrogen-bond acceptors (Lipinski definition) is 3. The molecule has 0 radical (unpaired) electrons. The Morgan fingerprint density at radius 2 is 1.65 bits per heavy atom. The van der Waals surface area contributed by atoms with E-state index in [0.717, 1.165) is 24.7 Å². The van der Waals surface area contributed by atoms with Gasteiger partial charge in [0.15, 0.2) is 0 Å². The summed E-state index contributed by atoms with van der Waals surface area (Å²) in [6, 6.07) is 6.67. The quantitative estimate of drug-likeness (QED) is 0.837. The normalized spacial score (nSPS) is 21.2. The Kier molecular flexibility index (Phi) is 4.04. The van der Waals surface area contributed by atoms with E-state index in [2.05, 4.69) is 34.9 Å². The zero-order valence-corrected chi connectivity index (χ0v) is 12.6. The molecular formula is C17H27N3. The number of piperidine rings is 2. The van der Waals surface area contributed by atoms with Crippen molar-refractivity contribution in [2.45, 2.75) is 39.0 Å². The third-order valence-corrected chi connectivity index (χ3v) is 4.86. The number of benzene rings is 1. The summed E-state index contributed by atoms with van der Waals surface area (Å²) in [6.07, 6.45) is 6.56. The van der Waals surface area contributed by atoms with Crippen molar-refractivity contribution >= 4 is 17.1 Å². The third-order valence-electron chi connectivity index (χ3n) is 4.86. The first-order valence-corrected chi connectivity index (χ1v) is 8.13. The molecule has 0 spiro atoms. The molecule has 0 saturated carbocycles. The van der Waals surface area contributed by atoms with Crippen LogP contribution in [0.5, 0.6) is 0 Å². The standard InChI is InChI=1S/C17H27N3/c1-14-7-11-20(12-8-14)17-6-5-15(13-16(17)18)19-9-3-2-4-10-19/h5-6,13-14H,2-4,7-12,18H2,1H3. The number of nitrogens with two attached hydrogens (primary N) is 1. The van der Waals surface area contributed by atoms with Gasteiger partial charge in [0.1, 0.15) is 0 Å². The summed E-state index contributed by atoms with van der Waals surface area (Å²) in [5, 5.41) is 0. The molecule has 2 N–H and O–H groups in total. The summed E-state index contributed by atoms with van der Waals surface area (Å²) in [5.74, 6) is 0.861. The van der Waals surface area contributed by atoms with Crippen molar-refractivity contribution in [1.29, 1.82) is 0 Å². The molecule has 0 bridgehead atoms. The molecule has 0 aliphatic carbocycles. The maximum absolute atomic E-state index is 6.33. The van der Waals surface area contributed by atoms with E-state index in [-0.39, 0.29) is 0 Å². The molecule has 2 fully saturated rings. The largest absolute Gasteiger partial charge is 0.397 e. The number of anilines is 3. The maximum atomic E-state index is 6.33. The Balaban J connectivity index is 1.73. The molecule has 3 heteroatoms. The highest BCUT2D eigenvalue weighted by atomic mass is 15.2. The molecule has 0 atom stereocenters. The molecule has 2 aliphatic heterocycles. The molecule has 1 aromatic rings. The first-order chi connectivity index (χ1) is 9.74. The molecule has 2 heterocycles. The molecule has 110 valence electrons. The van der Waals surface area contributed by atoms with Crippen LogP contribution in [-0.2, 0) is 0 Å². The van der Waals surface area contributed by atoms with Gasteiger partial charge in [-0.3, -0.25) is 0 Å². The highest BCUT2D eigenvalue weighted by Gasteiger charge is 2.19. The van der Waals surface area contributed by atoms with E-state index in [1.807, 2.05) is 0 Å². The maximum Gasteiger partial charge on any atom is 0.0601 e. The minimum atomic E-state index is 0.861. The first kappa shape index (κ1) is 13.6. The Bertz CT molecular complexity index is 444. The fourth-order valence-corrected chi connectivity index (χ4v) is 3.43. The highest BCUT2D eigenvalue weighted by molar-refractivity contribution is 5.73. The van der Waals surface area contributed by atoms with Crippen molar-refractivity contribution in [2.75, 3.05) is 41.7 Å². The van der Waals surface area contributed by atoms with Crippen LogP contribution >= 0.6 is 0 Å². The second-order valence-electron chi connectivity index (χ2n) is 6.46. The lowest BCUT2D eigenvalue weighted by atomic mass is 9.98. The van der Waals surface area contributed by atoms with Crippen molar-refractivity contribution in [3.05, 3.63) is 18.2 Å².